The van der Waals surface area contributed by atoms with E-state index in [0.29, 0.717) is 23.5 Å². The highest BCUT2D eigenvalue weighted by Gasteiger charge is 2.25. The molecule has 0 atom stereocenters. The van der Waals surface area contributed by atoms with Crippen molar-refractivity contribution in [1.82, 2.24) is 4.57 Å². The Morgan fingerprint density at radius 2 is 1.86 bits per heavy atom. The van der Waals surface area contributed by atoms with Crippen molar-refractivity contribution in [2.24, 2.45) is 0 Å². The van der Waals surface area contributed by atoms with Crippen molar-refractivity contribution in [3.05, 3.63) is 59.4 Å². The number of imidazole rings is 1. The van der Waals surface area contributed by atoms with Gasteiger partial charge in [-0.2, -0.15) is 0 Å². The summed E-state index contributed by atoms with van der Waals surface area (Å²) in [6, 6.07) is 12.7. The number of hydrogen-bond donors (Lipinski definition) is 0. The van der Waals surface area contributed by atoms with Gasteiger partial charge in [-0.15, -0.1) is 0 Å². The lowest BCUT2D eigenvalue weighted by atomic mass is 10.1. The van der Waals surface area contributed by atoms with E-state index in [1.165, 1.54) is 0 Å². The molecular formula is C22H25N2O4+. The highest BCUT2D eigenvalue weighted by atomic mass is 16.5. The first-order valence-electron chi connectivity index (χ1n) is 9.37. The maximum Gasteiger partial charge on any atom is 0.338 e. The van der Waals surface area contributed by atoms with Gasteiger partial charge in [0.15, 0.2) is 17.6 Å². The lowest BCUT2D eigenvalue weighted by Gasteiger charge is -2.07. The van der Waals surface area contributed by atoms with Gasteiger partial charge in [0.25, 0.3) is 5.82 Å². The number of esters is 1. The van der Waals surface area contributed by atoms with Crippen molar-refractivity contribution in [3.8, 4) is 5.75 Å². The molecule has 0 saturated carbocycles. The Morgan fingerprint density at radius 1 is 1.11 bits per heavy atom. The molecule has 1 heterocycles. The van der Waals surface area contributed by atoms with Crippen LogP contribution in [-0.4, -0.2) is 30.0 Å². The molecule has 3 rings (SSSR count). The van der Waals surface area contributed by atoms with Gasteiger partial charge in [0.1, 0.15) is 5.75 Å². The summed E-state index contributed by atoms with van der Waals surface area (Å²) in [5.74, 6) is 1.08. The second kappa shape index (κ2) is 8.25. The van der Waals surface area contributed by atoms with Crippen LogP contribution in [0.5, 0.6) is 5.75 Å². The molecule has 0 saturated heterocycles. The lowest BCUT2D eigenvalue weighted by molar-refractivity contribution is -0.674. The Labute approximate surface area is 164 Å². The van der Waals surface area contributed by atoms with E-state index in [0.717, 1.165) is 23.4 Å². The standard InChI is InChI=1S/C22H25N2O4/c1-5-23-15(3)24(14-20(25)17-9-7-8-10-21(17)27-4)19-13-16(11-12-18(19)23)22(26)28-6-2/h7-13H,5-6,14H2,1-4H3/q+1. The van der Waals surface area contributed by atoms with Gasteiger partial charge < -0.3 is 9.47 Å². The van der Waals surface area contributed by atoms with E-state index in [-0.39, 0.29) is 18.3 Å². The maximum atomic E-state index is 13.0. The zero-order chi connectivity index (χ0) is 20.3. The van der Waals surface area contributed by atoms with Gasteiger partial charge in [0, 0.05) is 13.0 Å². The Balaban J connectivity index is 2.08. The molecule has 0 spiro atoms. The number of nitrogens with zero attached hydrogens (tertiary/aromatic N) is 2. The van der Waals surface area contributed by atoms with Gasteiger partial charge in [-0.3, -0.25) is 4.79 Å². The number of aryl methyl sites for hydroxylation is 1. The highest BCUT2D eigenvalue weighted by molar-refractivity contribution is 5.99. The smallest absolute Gasteiger partial charge is 0.338 e. The van der Waals surface area contributed by atoms with Crippen LogP contribution in [0.4, 0.5) is 0 Å². The molecule has 3 aromatic rings. The summed E-state index contributed by atoms with van der Waals surface area (Å²) in [4.78, 5) is 25.2. The molecule has 0 aliphatic rings. The third kappa shape index (κ3) is 3.50. The molecule has 146 valence electrons. The number of carbonyl (C=O) groups excluding carboxylic acids is 2. The van der Waals surface area contributed by atoms with E-state index in [9.17, 15) is 9.59 Å². The van der Waals surface area contributed by atoms with Crippen LogP contribution < -0.4 is 9.30 Å². The van der Waals surface area contributed by atoms with Crippen LogP contribution in [0, 0.1) is 6.92 Å². The Bertz CT molecular complexity index is 1040. The number of Topliss-reactive ketones (excluding diaryl/α,β-unsaturated/α-hetero) is 1. The molecule has 28 heavy (non-hydrogen) atoms. The third-order valence-electron chi connectivity index (χ3n) is 4.87. The topological polar surface area (TPSA) is 61.4 Å². The quantitative estimate of drug-likeness (QED) is 0.358. The number of rotatable bonds is 7. The molecule has 6 nitrogen and oxygen atoms in total. The molecule has 0 aliphatic heterocycles. The summed E-state index contributed by atoms with van der Waals surface area (Å²) >= 11 is 0. The minimum absolute atomic E-state index is 0.0535. The number of hydrogen-bond acceptors (Lipinski definition) is 4. The molecule has 0 fully saturated rings. The number of fused-ring (bicyclic) bond motifs is 1. The van der Waals surface area contributed by atoms with Crippen molar-refractivity contribution in [2.75, 3.05) is 13.7 Å². The predicted octanol–water partition coefficient (Wildman–Crippen LogP) is 3.33. The molecule has 0 N–H and O–H groups in total. The Kier molecular flexibility index (Phi) is 5.78. The molecule has 6 heteroatoms. The fraction of sp³-hybridized carbons (Fsp3) is 0.318. The molecule has 0 bridgehead atoms. The number of benzene rings is 2. The number of ether oxygens (including phenoxy) is 2. The van der Waals surface area contributed by atoms with E-state index in [2.05, 4.69) is 11.5 Å². The van der Waals surface area contributed by atoms with Gasteiger partial charge in [0.2, 0.25) is 5.78 Å². The van der Waals surface area contributed by atoms with Crippen LogP contribution in [0.1, 0.15) is 40.4 Å². The molecule has 0 radical (unpaired) electrons. The normalized spacial score (nSPS) is 10.9. The van der Waals surface area contributed by atoms with Crippen molar-refractivity contribution in [3.63, 3.8) is 0 Å². The first-order chi connectivity index (χ1) is 13.5. The minimum Gasteiger partial charge on any atom is -0.496 e. The first-order valence-corrected chi connectivity index (χ1v) is 9.37. The lowest BCUT2D eigenvalue weighted by Crippen LogP contribution is -2.35. The maximum absolute atomic E-state index is 13.0. The fourth-order valence-corrected chi connectivity index (χ4v) is 3.51. The molecule has 1 aromatic heterocycles. The zero-order valence-corrected chi connectivity index (χ0v) is 16.7. The summed E-state index contributed by atoms with van der Waals surface area (Å²) < 4.78 is 14.5. The minimum atomic E-state index is -0.367. The number of carbonyl (C=O) groups is 2. The van der Waals surface area contributed by atoms with Crippen LogP contribution >= 0.6 is 0 Å². The van der Waals surface area contributed by atoms with E-state index >= 15 is 0 Å². The van der Waals surface area contributed by atoms with Crippen LogP contribution in [0.25, 0.3) is 11.0 Å². The van der Waals surface area contributed by atoms with E-state index in [1.807, 2.05) is 29.7 Å². The average Bonchev–Trinajstić information content (AvgIpc) is 2.98. The summed E-state index contributed by atoms with van der Waals surface area (Å²) in [6.07, 6.45) is 0. The van der Waals surface area contributed by atoms with Crippen LogP contribution in [0.3, 0.4) is 0 Å². The van der Waals surface area contributed by atoms with Gasteiger partial charge in [0.05, 0.1) is 31.4 Å². The van der Waals surface area contributed by atoms with Crippen molar-refractivity contribution < 1.29 is 23.6 Å². The SMILES string of the molecule is CCOC(=O)c1ccc2c(c1)n(CC(=O)c1ccccc1OC)c(C)[n+]2CC. The molecule has 0 amide bonds. The summed E-state index contributed by atoms with van der Waals surface area (Å²) in [5, 5.41) is 0. The van der Waals surface area contributed by atoms with Crippen LogP contribution in [0.2, 0.25) is 0 Å². The van der Waals surface area contributed by atoms with Gasteiger partial charge >= 0.3 is 5.97 Å². The van der Waals surface area contributed by atoms with Gasteiger partial charge in [-0.1, -0.05) is 12.1 Å². The Hall–Kier alpha value is -3.15. The number of para-hydroxylation sites is 1. The van der Waals surface area contributed by atoms with Gasteiger partial charge in [-0.05, 0) is 38.1 Å². The number of methoxy groups -OCH3 is 1. The molecule has 0 aliphatic carbocycles. The molecular weight excluding hydrogens is 356 g/mol. The van der Waals surface area contributed by atoms with E-state index in [4.69, 9.17) is 9.47 Å². The second-order valence-electron chi connectivity index (χ2n) is 6.43. The molecule has 2 aromatic carbocycles. The van der Waals surface area contributed by atoms with Crippen LogP contribution in [-0.2, 0) is 17.8 Å². The number of aromatic nitrogens is 2. The predicted molar refractivity (Wildman–Crippen MR) is 106 cm³/mol. The molecule has 0 unspecified atom stereocenters. The summed E-state index contributed by atoms with van der Waals surface area (Å²) in [7, 11) is 1.55. The highest BCUT2D eigenvalue weighted by Crippen LogP contribution is 2.22. The van der Waals surface area contributed by atoms with E-state index in [1.54, 1.807) is 38.3 Å². The fourth-order valence-electron chi connectivity index (χ4n) is 3.51. The van der Waals surface area contributed by atoms with Crippen LogP contribution in [0.15, 0.2) is 42.5 Å². The van der Waals surface area contributed by atoms with Crippen molar-refractivity contribution in [1.29, 1.82) is 0 Å². The second-order valence-corrected chi connectivity index (χ2v) is 6.43. The zero-order valence-electron chi connectivity index (χ0n) is 16.7. The van der Waals surface area contributed by atoms with Crippen molar-refractivity contribution >= 4 is 22.8 Å². The monoisotopic (exact) mass is 381 g/mol. The van der Waals surface area contributed by atoms with Crippen molar-refractivity contribution in [2.45, 2.75) is 33.9 Å². The first kappa shape index (κ1) is 19.6. The largest absolute Gasteiger partial charge is 0.496 e. The number of ketones is 1. The average molecular weight is 381 g/mol. The third-order valence-corrected chi connectivity index (χ3v) is 4.87. The summed E-state index contributed by atoms with van der Waals surface area (Å²) in [6.45, 7) is 7.04. The van der Waals surface area contributed by atoms with E-state index < -0.39 is 0 Å². The summed E-state index contributed by atoms with van der Waals surface area (Å²) in [5.41, 5.74) is 2.81. The van der Waals surface area contributed by atoms with Gasteiger partial charge in [-0.25, -0.2) is 13.9 Å². The Morgan fingerprint density at radius 3 is 2.54 bits per heavy atom.